The van der Waals surface area contributed by atoms with E-state index in [1.54, 1.807) is 0 Å². The molecule has 8 rings (SSSR count). The summed E-state index contributed by atoms with van der Waals surface area (Å²) in [5.41, 5.74) is 5.84. The Morgan fingerprint density at radius 1 is 0.391 bits per heavy atom. The monoisotopic (exact) mass is 672 g/mol. The number of hydrogen-bond acceptors (Lipinski definition) is 4. The molecule has 0 radical (unpaired) electrons. The van der Waals surface area contributed by atoms with Crippen LogP contribution in [0.4, 0.5) is 0 Å². The number of benzene rings is 4. The molecule has 0 fully saturated rings. The molecule has 0 aliphatic rings. The molecule has 4 heterocycles. The van der Waals surface area contributed by atoms with Gasteiger partial charge in [0.1, 0.15) is 0 Å². The van der Waals surface area contributed by atoms with Crippen LogP contribution in [0.15, 0.2) is 84.9 Å². The summed E-state index contributed by atoms with van der Waals surface area (Å²) in [6.45, 7) is 4.53. The van der Waals surface area contributed by atoms with Crippen molar-refractivity contribution in [3.05, 3.63) is 117 Å². The minimum absolute atomic E-state index is 1.11. The Hall–Kier alpha value is -3.02. The number of fused-ring (bicyclic) bond motifs is 7. The van der Waals surface area contributed by atoms with E-state index >= 15 is 0 Å². The Balaban J connectivity index is 1.00. The van der Waals surface area contributed by atoms with Crippen LogP contribution in [0.25, 0.3) is 49.7 Å². The predicted octanol–water partition coefficient (Wildman–Crippen LogP) is 14.0. The second kappa shape index (κ2) is 13.2. The molecule has 0 aliphatic carbocycles. The molecule has 0 atom stereocenters. The van der Waals surface area contributed by atoms with Crippen molar-refractivity contribution >= 4 is 95.1 Å². The van der Waals surface area contributed by atoms with Crippen LogP contribution in [0.5, 0.6) is 0 Å². The highest BCUT2D eigenvalue weighted by Gasteiger charge is 2.16. The highest BCUT2D eigenvalue weighted by Crippen LogP contribution is 2.47. The van der Waals surface area contributed by atoms with Gasteiger partial charge >= 0.3 is 0 Å². The van der Waals surface area contributed by atoms with E-state index in [0.29, 0.717) is 0 Å². The standard InChI is InChI=1S/C42H40S4/c1-3-5-7-27-9-13-29(14-10-27)17-19-33-21-31-23-39-35(25-37(31)43-33)41-42(45-39)36-26-38-32(24-40(36)46-41)22-34(44-38)20-18-30-15-11-28(12-16-30)8-6-4-2/h9-16,21-26H,3-8,17-20H2,1-2H3. The van der Waals surface area contributed by atoms with Crippen molar-refractivity contribution in [1.29, 1.82) is 0 Å². The summed E-state index contributed by atoms with van der Waals surface area (Å²) >= 11 is 7.95. The fourth-order valence-electron chi connectivity index (χ4n) is 6.72. The molecule has 0 saturated carbocycles. The van der Waals surface area contributed by atoms with Crippen LogP contribution in [0.2, 0.25) is 0 Å². The fraction of sp³-hybridized carbons (Fsp3) is 0.286. The Labute approximate surface area is 288 Å². The molecule has 4 aromatic carbocycles. The van der Waals surface area contributed by atoms with Crippen LogP contribution >= 0.6 is 45.3 Å². The summed E-state index contributed by atoms with van der Waals surface area (Å²) in [5, 5.41) is 5.69. The van der Waals surface area contributed by atoms with Gasteiger partial charge in [-0.25, -0.2) is 0 Å². The van der Waals surface area contributed by atoms with E-state index < -0.39 is 0 Å². The number of aryl methyl sites for hydroxylation is 6. The van der Waals surface area contributed by atoms with Crippen molar-refractivity contribution in [1.82, 2.24) is 0 Å². The molecule has 0 N–H and O–H groups in total. The first kappa shape index (κ1) is 30.3. The van der Waals surface area contributed by atoms with Crippen LogP contribution in [-0.2, 0) is 38.5 Å². The lowest BCUT2D eigenvalue weighted by Gasteiger charge is -2.03. The molecule has 4 heteroatoms. The van der Waals surface area contributed by atoms with Gasteiger partial charge in [0.05, 0.1) is 9.40 Å². The van der Waals surface area contributed by atoms with Crippen LogP contribution in [0.3, 0.4) is 0 Å². The van der Waals surface area contributed by atoms with Crippen molar-refractivity contribution in [2.24, 2.45) is 0 Å². The molecule has 0 amide bonds. The smallest absolute Gasteiger partial charge is 0.0542 e. The van der Waals surface area contributed by atoms with Crippen molar-refractivity contribution in [2.75, 3.05) is 0 Å². The van der Waals surface area contributed by atoms with Gasteiger partial charge in [-0.2, -0.15) is 0 Å². The van der Waals surface area contributed by atoms with Crippen LogP contribution in [0, 0.1) is 0 Å². The molecular weight excluding hydrogens is 633 g/mol. The first-order valence-electron chi connectivity index (χ1n) is 17.0. The topological polar surface area (TPSA) is 0 Å². The lowest BCUT2D eigenvalue weighted by molar-refractivity contribution is 0.794. The average Bonchev–Trinajstić information content (AvgIpc) is 3.84. The van der Waals surface area contributed by atoms with Gasteiger partial charge in [0.25, 0.3) is 0 Å². The van der Waals surface area contributed by atoms with Gasteiger partial charge in [-0.05, 0) is 121 Å². The first-order valence-corrected chi connectivity index (χ1v) is 20.3. The normalized spacial score (nSPS) is 12.1. The molecule has 0 aliphatic heterocycles. The summed E-state index contributed by atoms with van der Waals surface area (Å²) in [7, 11) is 0. The van der Waals surface area contributed by atoms with E-state index in [2.05, 4.69) is 98.8 Å². The maximum Gasteiger partial charge on any atom is 0.0542 e. The van der Waals surface area contributed by atoms with Crippen LogP contribution in [0.1, 0.15) is 71.5 Å². The van der Waals surface area contributed by atoms with E-state index in [4.69, 9.17) is 0 Å². The highest BCUT2D eigenvalue weighted by molar-refractivity contribution is 7.36. The van der Waals surface area contributed by atoms with Crippen molar-refractivity contribution in [3.8, 4) is 0 Å². The van der Waals surface area contributed by atoms with E-state index in [1.807, 2.05) is 45.3 Å². The zero-order chi connectivity index (χ0) is 31.0. The second-order valence-corrected chi connectivity index (χ2v) is 17.3. The van der Waals surface area contributed by atoms with Gasteiger partial charge in [-0.3, -0.25) is 0 Å². The molecule has 46 heavy (non-hydrogen) atoms. The molecule has 0 unspecified atom stereocenters. The number of rotatable bonds is 12. The first-order chi connectivity index (χ1) is 22.6. The maximum absolute atomic E-state index is 2.48. The summed E-state index contributed by atoms with van der Waals surface area (Å²) < 4.78 is 8.64. The van der Waals surface area contributed by atoms with E-state index in [1.165, 1.54) is 120 Å². The van der Waals surface area contributed by atoms with Crippen molar-refractivity contribution in [3.63, 3.8) is 0 Å². The van der Waals surface area contributed by atoms with Crippen LogP contribution in [-0.4, -0.2) is 0 Å². The van der Waals surface area contributed by atoms with Crippen molar-refractivity contribution in [2.45, 2.75) is 78.1 Å². The Morgan fingerprint density at radius 2 is 0.783 bits per heavy atom. The summed E-state index contributed by atoms with van der Waals surface area (Å²) in [5.74, 6) is 0. The summed E-state index contributed by atoms with van der Waals surface area (Å²) in [6.07, 6.45) is 11.9. The third-order valence-corrected chi connectivity index (χ3v) is 14.3. The quantitative estimate of drug-likeness (QED) is 0.121. The predicted molar refractivity (Wildman–Crippen MR) is 210 cm³/mol. The van der Waals surface area contributed by atoms with Gasteiger partial charge in [0.15, 0.2) is 0 Å². The third kappa shape index (κ3) is 6.18. The van der Waals surface area contributed by atoms with Gasteiger partial charge in [-0.1, -0.05) is 75.2 Å². The molecule has 0 nitrogen and oxygen atoms in total. The lowest BCUT2D eigenvalue weighted by Crippen LogP contribution is -1.90. The maximum atomic E-state index is 2.48. The highest BCUT2D eigenvalue weighted by atomic mass is 32.1. The Bertz CT molecular complexity index is 2100. The van der Waals surface area contributed by atoms with Gasteiger partial charge in [0.2, 0.25) is 0 Å². The zero-order valence-corrected chi connectivity index (χ0v) is 30.1. The SMILES string of the molecule is CCCCc1ccc(CCc2cc3cc4sc5c6cc7sc(CCc8ccc(CCCC)cc8)cc7cc6sc5c4cc3s2)cc1. The minimum atomic E-state index is 1.11. The molecule has 4 aromatic heterocycles. The van der Waals surface area contributed by atoms with E-state index in [0.717, 1.165) is 25.7 Å². The third-order valence-electron chi connectivity index (χ3n) is 9.46. The molecular formula is C42H40S4. The molecule has 0 saturated heterocycles. The van der Waals surface area contributed by atoms with E-state index in [-0.39, 0.29) is 0 Å². The number of thiophene rings is 4. The molecule has 0 bridgehead atoms. The number of hydrogen-bond donors (Lipinski definition) is 0. The summed E-state index contributed by atoms with van der Waals surface area (Å²) in [6, 6.07) is 33.4. The number of unbranched alkanes of at least 4 members (excludes halogenated alkanes) is 2. The van der Waals surface area contributed by atoms with Gasteiger partial charge in [0, 0.05) is 39.3 Å². The molecule has 0 spiro atoms. The van der Waals surface area contributed by atoms with Gasteiger partial charge < -0.3 is 0 Å². The fourth-order valence-corrected chi connectivity index (χ4v) is 11.6. The minimum Gasteiger partial charge on any atom is -0.140 e. The lowest BCUT2D eigenvalue weighted by atomic mass is 10.0. The largest absolute Gasteiger partial charge is 0.140 e. The average molecular weight is 673 g/mol. The Kier molecular flexibility index (Phi) is 8.73. The molecule has 232 valence electrons. The zero-order valence-electron chi connectivity index (χ0n) is 26.8. The van der Waals surface area contributed by atoms with Crippen LogP contribution < -0.4 is 0 Å². The van der Waals surface area contributed by atoms with Crippen molar-refractivity contribution < 1.29 is 0 Å². The van der Waals surface area contributed by atoms with E-state index in [9.17, 15) is 0 Å². The summed E-state index contributed by atoms with van der Waals surface area (Å²) in [4.78, 5) is 2.99. The second-order valence-electron chi connectivity index (χ2n) is 12.9. The Morgan fingerprint density at radius 3 is 1.17 bits per heavy atom. The molecule has 8 aromatic rings. The van der Waals surface area contributed by atoms with Gasteiger partial charge in [-0.15, -0.1) is 45.3 Å².